The zero-order valence-electron chi connectivity index (χ0n) is 18.7. The van der Waals surface area contributed by atoms with E-state index in [-0.39, 0.29) is 56.9 Å². The minimum absolute atomic E-state index is 0.0255. The summed E-state index contributed by atoms with van der Waals surface area (Å²) in [6.45, 7) is 6.00. The highest BCUT2D eigenvalue weighted by molar-refractivity contribution is 7.91. The standard InChI is InChI=1S/C23H25NO8S/c1-10-19(27)17(12(3)25)21-18(20(10)28)23(4)15(32-21)7-14(26)16(22(23)29)11(2)24-8-13-5-6-33(30,31)9-13/h7,13,24,27-28H,5-6,8-9H2,1-4H3/t13?,23-/m0/s1. The van der Waals surface area contributed by atoms with Crippen LogP contribution in [-0.4, -0.2) is 54.0 Å². The Hall–Kier alpha value is -3.14. The Morgan fingerprint density at radius 2 is 1.91 bits per heavy atom. The van der Waals surface area contributed by atoms with Gasteiger partial charge >= 0.3 is 0 Å². The normalized spacial score (nSPS) is 26.9. The van der Waals surface area contributed by atoms with Gasteiger partial charge in [0.1, 0.15) is 34.0 Å². The van der Waals surface area contributed by atoms with Crippen molar-refractivity contribution in [3.05, 3.63) is 39.8 Å². The van der Waals surface area contributed by atoms with Gasteiger partial charge in [-0.15, -0.1) is 0 Å². The number of carbonyl (C=O) groups excluding carboxylic acids is 3. The SMILES string of the molecule is CC(=O)c1c(O)c(C)c(O)c2c1OC1=CC(=O)C(=C(C)NCC3CCS(=O)(=O)C3)C(=O)[C@@]12C. The first-order valence-electron chi connectivity index (χ1n) is 10.5. The number of rotatable bonds is 4. The molecule has 2 atom stereocenters. The number of benzene rings is 1. The molecule has 1 unspecified atom stereocenters. The van der Waals surface area contributed by atoms with E-state index >= 15 is 0 Å². The molecule has 0 saturated carbocycles. The van der Waals surface area contributed by atoms with Gasteiger partial charge in [0, 0.05) is 23.9 Å². The molecule has 1 aromatic carbocycles. The van der Waals surface area contributed by atoms with E-state index in [1.165, 1.54) is 20.8 Å². The molecule has 0 amide bonds. The summed E-state index contributed by atoms with van der Waals surface area (Å²) in [5.74, 6) is -2.69. The zero-order chi connectivity index (χ0) is 24.5. The molecule has 2 heterocycles. The maximum absolute atomic E-state index is 13.7. The molecule has 1 fully saturated rings. The average Bonchev–Trinajstić information content (AvgIpc) is 3.21. The van der Waals surface area contributed by atoms with E-state index in [1.807, 2.05) is 0 Å². The molecule has 33 heavy (non-hydrogen) atoms. The number of sulfone groups is 1. The summed E-state index contributed by atoms with van der Waals surface area (Å²) in [4.78, 5) is 38.8. The summed E-state index contributed by atoms with van der Waals surface area (Å²) < 4.78 is 29.1. The predicted molar refractivity (Wildman–Crippen MR) is 118 cm³/mol. The van der Waals surface area contributed by atoms with Crippen LogP contribution >= 0.6 is 0 Å². The van der Waals surface area contributed by atoms with Crippen molar-refractivity contribution in [1.29, 1.82) is 0 Å². The smallest absolute Gasteiger partial charge is 0.194 e. The van der Waals surface area contributed by atoms with E-state index < -0.39 is 38.4 Å². The van der Waals surface area contributed by atoms with Gasteiger partial charge in [-0.25, -0.2) is 8.42 Å². The Kier molecular flexibility index (Phi) is 5.19. The molecule has 0 bridgehead atoms. The van der Waals surface area contributed by atoms with Gasteiger partial charge in [0.15, 0.2) is 27.2 Å². The molecule has 2 aliphatic heterocycles. The minimum atomic E-state index is -3.06. The highest BCUT2D eigenvalue weighted by Gasteiger charge is 2.56. The van der Waals surface area contributed by atoms with Crippen LogP contribution < -0.4 is 10.1 Å². The summed E-state index contributed by atoms with van der Waals surface area (Å²) in [6, 6.07) is 0. The van der Waals surface area contributed by atoms with Crippen molar-refractivity contribution in [3.63, 3.8) is 0 Å². The number of ketones is 3. The van der Waals surface area contributed by atoms with E-state index in [2.05, 4.69) is 5.32 Å². The molecule has 1 saturated heterocycles. The summed E-state index contributed by atoms with van der Waals surface area (Å²) in [5.41, 5.74) is -1.53. The number of nitrogens with one attached hydrogen (secondary N) is 1. The molecule has 4 rings (SSSR count). The van der Waals surface area contributed by atoms with Gasteiger partial charge in [-0.1, -0.05) is 0 Å². The lowest BCUT2D eigenvalue weighted by Crippen LogP contribution is -2.41. The molecule has 3 aliphatic rings. The summed E-state index contributed by atoms with van der Waals surface area (Å²) in [7, 11) is -3.06. The predicted octanol–water partition coefficient (Wildman–Crippen LogP) is 1.59. The van der Waals surface area contributed by atoms with Crippen LogP contribution in [0.5, 0.6) is 17.2 Å². The van der Waals surface area contributed by atoms with Crippen LogP contribution in [0.1, 0.15) is 48.7 Å². The quantitative estimate of drug-likeness (QED) is 0.335. The van der Waals surface area contributed by atoms with Crippen LogP contribution in [0.15, 0.2) is 23.1 Å². The number of phenolic OH excluding ortho intramolecular Hbond substituents is 2. The van der Waals surface area contributed by atoms with Crippen LogP contribution in [0.4, 0.5) is 0 Å². The van der Waals surface area contributed by atoms with Crippen molar-refractivity contribution >= 4 is 27.2 Å². The molecule has 0 aromatic heterocycles. The Morgan fingerprint density at radius 3 is 2.48 bits per heavy atom. The third kappa shape index (κ3) is 3.35. The van der Waals surface area contributed by atoms with Crippen LogP contribution in [0.3, 0.4) is 0 Å². The largest absolute Gasteiger partial charge is 0.507 e. The number of hydrogen-bond donors (Lipinski definition) is 3. The maximum Gasteiger partial charge on any atom is 0.194 e. The molecule has 0 spiro atoms. The highest BCUT2D eigenvalue weighted by Crippen LogP contribution is 2.57. The molecular weight excluding hydrogens is 450 g/mol. The first-order chi connectivity index (χ1) is 15.3. The van der Waals surface area contributed by atoms with Gasteiger partial charge in [0.05, 0.1) is 22.6 Å². The van der Waals surface area contributed by atoms with Gasteiger partial charge < -0.3 is 20.3 Å². The lowest BCUT2D eigenvalue weighted by Gasteiger charge is -2.29. The van der Waals surface area contributed by atoms with Crippen molar-refractivity contribution in [2.24, 2.45) is 5.92 Å². The molecule has 9 nitrogen and oxygen atoms in total. The first kappa shape index (κ1) is 23.0. The Morgan fingerprint density at radius 1 is 1.24 bits per heavy atom. The molecule has 0 radical (unpaired) electrons. The van der Waals surface area contributed by atoms with Gasteiger partial charge in [-0.2, -0.15) is 0 Å². The minimum Gasteiger partial charge on any atom is -0.507 e. The number of Topliss-reactive ketones (excluding diaryl/α,β-unsaturated/α-hetero) is 2. The fourth-order valence-corrected chi connectivity index (χ4v) is 6.64. The number of phenols is 2. The number of allylic oxidation sites excluding steroid dienone is 4. The van der Waals surface area contributed by atoms with Gasteiger partial charge in [-0.3, -0.25) is 14.4 Å². The van der Waals surface area contributed by atoms with E-state index in [4.69, 9.17) is 4.74 Å². The third-order valence-corrected chi connectivity index (χ3v) is 8.58. The van der Waals surface area contributed by atoms with Gasteiger partial charge in [0.25, 0.3) is 0 Å². The molecule has 3 N–H and O–H groups in total. The van der Waals surface area contributed by atoms with Gasteiger partial charge in [0.2, 0.25) is 0 Å². The fourth-order valence-electron chi connectivity index (χ4n) is 4.78. The second-order valence-electron chi connectivity index (χ2n) is 9.04. The van der Waals surface area contributed by atoms with Crippen LogP contribution in [0.2, 0.25) is 0 Å². The molecular formula is C23H25NO8S. The van der Waals surface area contributed by atoms with Crippen molar-refractivity contribution in [2.75, 3.05) is 18.1 Å². The van der Waals surface area contributed by atoms with Crippen molar-refractivity contribution in [1.82, 2.24) is 5.32 Å². The lowest BCUT2D eigenvalue weighted by atomic mass is 9.70. The molecule has 10 heteroatoms. The van der Waals surface area contributed by atoms with Crippen LogP contribution in [0, 0.1) is 12.8 Å². The van der Waals surface area contributed by atoms with Crippen molar-refractivity contribution < 1.29 is 37.8 Å². The van der Waals surface area contributed by atoms with Crippen LogP contribution in [-0.2, 0) is 24.8 Å². The number of fused-ring (bicyclic) bond motifs is 3. The molecule has 176 valence electrons. The lowest BCUT2D eigenvalue weighted by molar-refractivity contribution is -0.123. The fraction of sp³-hybridized carbons (Fsp3) is 0.435. The maximum atomic E-state index is 13.7. The average molecular weight is 476 g/mol. The molecule has 1 aliphatic carbocycles. The van der Waals surface area contributed by atoms with E-state index in [0.717, 1.165) is 6.08 Å². The second-order valence-corrected chi connectivity index (χ2v) is 11.3. The Labute approximate surface area is 191 Å². The van der Waals surface area contributed by atoms with E-state index in [0.29, 0.717) is 18.7 Å². The van der Waals surface area contributed by atoms with E-state index in [1.54, 1.807) is 6.92 Å². The molecule has 1 aromatic rings. The number of aromatic hydroxyl groups is 2. The van der Waals surface area contributed by atoms with Gasteiger partial charge in [-0.05, 0) is 40.0 Å². The number of ether oxygens (including phenoxy) is 1. The number of hydrogen-bond acceptors (Lipinski definition) is 9. The Bertz CT molecular complexity index is 1300. The first-order valence-corrected chi connectivity index (χ1v) is 12.4. The topological polar surface area (TPSA) is 147 Å². The van der Waals surface area contributed by atoms with E-state index in [9.17, 15) is 33.0 Å². The Balaban J connectivity index is 1.78. The summed E-state index contributed by atoms with van der Waals surface area (Å²) in [5, 5.41) is 24.2. The number of carbonyl (C=O) groups is 3. The van der Waals surface area contributed by atoms with Crippen molar-refractivity contribution in [2.45, 2.75) is 39.5 Å². The summed E-state index contributed by atoms with van der Waals surface area (Å²) in [6.07, 6.45) is 1.66. The van der Waals surface area contributed by atoms with Crippen LogP contribution in [0.25, 0.3) is 0 Å². The summed E-state index contributed by atoms with van der Waals surface area (Å²) >= 11 is 0. The monoisotopic (exact) mass is 475 g/mol. The third-order valence-electron chi connectivity index (χ3n) is 6.74. The highest BCUT2D eigenvalue weighted by atomic mass is 32.2. The zero-order valence-corrected chi connectivity index (χ0v) is 19.6. The van der Waals surface area contributed by atoms with Crippen molar-refractivity contribution in [3.8, 4) is 17.2 Å². The second kappa shape index (κ2) is 7.44.